The topological polar surface area (TPSA) is 64.9 Å². The van der Waals surface area contributed by atoms with Crippen molar-refractivity contribution in [2.75, 3.05) is 20.3 Å². The standard InChI is InChI=1S/C13H17BrFN5O/c1-8-6-10(14)11(15)7-12(8)20-13(17-18-19-20)9(2)16-4-5-21-3/h6-7,9,16H,4-5H2,1-3H3. The summed E-state index contributed by atoms with van der Waals surface area (Å²) in [6.07, 6.45) is 0. The molecule has 0 radical (unpaired) electrons. The summed E-state index contributed by atoms with van der Waals surface area (Å²) in [5, 5.41) is 14.9. The van der Waals surface area contributed by atoms with Crippen molar-refractivity contribution in [1.82, 2.24) is 25.5 Å². The maximum absolute atomic E-state index is 13.8. The van der Waals surface area contributed by atoms with Gasteiger partial charge in [-0.05, 0) is 51.8 Å². The monoisotopic (exact) mass is 357 g/mol. The zero-order valence-corrected chi connectivity index (χ0v) is 13.7. The highest BCUT2D eigenvalue weighted by Gasteiger charge is 2.17. The Hall–Kier alpha value is -1.38. The number of ether oxygens (including phenoxy) is 1. The number of nitrogens with one attached hydrogen (secondary N) is 1. The molecule has 0 amide bonds. The summed E-state index contributed by atoms with van der Waals surface area (Å²) in [4.78, 5) is 0. The summed E-state index contributed by atoms with van der Waals surface area (Å²) in [5.41, 5.74) is 1.50. The van der Waals surface area contributed by atoms with Crippen molar-refractivity contribution in [1.29, 1.82) is 0 Å². The first-order valence-electron chi connectivity index (χ1n) is 6.51. The molecule has 0 bridgehead atoms. The Balaban J connectivity index is 2.30. The van der Waals surface area contributed by atoms with Gasteiger partial charge in [-0.25, -0.2) is 4.39 Å². The molecule has 8 heteroatoms. The molecule has 0 aliphatic carbocycles. The number of aromatic nitrogens is 4. The molecule has 0 aliphatic heterocycles. The molecule has 1 aromatic carbocycles. The van der Waals surface area contributed by atoms with E-state index in [4.69, 9.17) is 4.74 Å². The number of nitrogens with zero attached hydrogens (tertiary/aromatic N) is 4. The molecule has 6 nitrogen and oxygen atoms in total. The van der Waals surface area contributed by atoms with Gasteiger partial charge in [-0.3, -0.25) is 0 Å². The van der Waals surface area contributed by atoms with E-state index in [2.05, 4.69) is 36.8 Å². The first kappa shape index (κ1) is 16.0. The third-order valence-electron chi connectivity index (χ3n) is 3.10. The maximum Gasteiger partial charge on any atom is 0.173 e. The van der Waals surface area contributed by atoms with Gasteiger partial charge in [0.2, 0.25) is 0 Å². The molecular weight excluding hydrogens is 341 g/mol. The minimum atomic E-state index is -0.350. The van der Waals surface area contributed by atoms with Crippen LogP contribution in [0.3, 0.4) is 0 Å². The molecule has 0 spiro atoms. The highest BCUT2D eigenvalue weighted by molar-refractivity contribution is 9.10. The van der Waals surface area contributed by atoms with E-state index in [0.717, 1.165) is 5.56 Å². The normalized spacial score (nSPS) is 12.6. The van der Waals surface area contributed by atoms with Crippen LogP contribution in [-0.2, 0) is 4.74 Å². The largest absolute Gasteiger partial charge is 0.383 e. The van der Waals surface area contributed by atoms with Gasteiger partial charge in [-0.15, -0.1) is 5.10 Å². The zero-order valence-electron chi connectivity index (χ0n) is 12.1. The number of benzene rings is 1. The van der Waals surface area contributed by atoms with E-state index in [9.17, 15) is 4.39 Å². The van der Waals surface area contributed by atoms with E-state index in [1.165, 1.54) is 6.07 Å². The molecule has 1 aromatic heterocycles. The van der Waals surface area contributed by atoms with Crippen LogP contribution in [-0.4, -0.2) is 40.5 Å². The number of aryl methyl sites for hydroxylation is 1. The van der Waals surface area contributed by atoms with Crippen molar-refractivity contribution >= 4 is 15.9 Å². The van der Waals surface area contributed by atoms with Gasteiger partial charge in [-0.1, -0.05) is 0 Å². The van der Waals surface area contributed by atoms with Gasteiger partial charge in [0.1, 0.15) is 5.82 Å². The van der Waals surface area contributed by atoms with Crippen LogP contribution in [0.5, 0.6) is 0 Å². The average Bonchev–Trinajstić information content (AvgIpc) is 2.92. The zero-order chi connectivity index (χ0) is 15.4. The number of hydrogen-bond donors (Lipinski definition) is 1. The van der Waals surface area contributed by atoms with Crippen molar-refractivity contribution in [2.24, 2.45) is 0 Å². The fourth-order valence-electron chi connectivity index (χ4n) is 1.97. The Morgan fingerprint density at radius 2 is 2.24 bits per heavy atom. The van der Waals surface area contributed by atoms with Gasteiger partial charge in [-0.2, -0.15) is 4.68 Å². The number of rotatable bonds is 6. The van der Waals surface area contributed by atoms with Crippen molar-refractivity contribution in [2.45, 2.75) is 19.9 Å². The molecule has 114 valence electrons. The summed E-state index contributed by atoms with van der Waals surface area (Å²) in [6, 6.07) is 3.04. The highest BCUT2D eigenvalue weighted by Crippen LogP contribution is 2.24. The molecule has 2 aromatic rings. The van der Waals surface area contributed by atoms with Crippen LogP contribution in [0.15, 0.2) is 16.6 Å². The van der Waals surface area contributed by atoms with E-state index in [-0.39, 0.29) is 11.9 Å². The van der Waals surface area contributed by atoms with E-state index >= 15 is 0 Å². The average molecular weight is 358 g/mol. The highest BCUT2D eigenvalue weighted by atomic mass is 79.9. The quantitative estimate of drug-likeness (QED) is 0.802. The summed E-state index contributed by atoms with van der Waals surface area (Å²) < 4.78 is 20.7. The first-order valence-corrected chi connectivity index (χ1v) is 7.30. The fraction of sp³-hybridized carbons (Fsp3) is 0.462. The molecule has 1 heterocycles. The van der Waals surface area contributed by atoms with Gasteiger partial charge in [0, 0.05) is 19.7 Å². The van der Waals surface area contributed by atoms with Crippen molar-refractivity contribution in [3.8, 4) is 5.69 Å². The van der Waals surface area contributed by atoms with Crippen molar-refractivity contribution in [3.05, 3.63) is 33.8 Å². The summed E-state index contributed by atoms with van der Waals surface area (Å²) >= 11 is 3.17. The maximum atomic E-state index is 13.8. The third kappa shape index (κ3) is 3.63. The third-order valence-corrected chi connectivity index (χ3v) is 3.71. The van der Waals surface area contributed by atoms with Crippen LogP contribution in [0.4, 0.5) is 4.39 Å². The molecule has 0 fully saturated rings. The van der Waals surface area contributed by atoms with E-state index in [0.29, 0.717) is 29.1 Å². The Labute approximate surface area is 130 Å². The van der Waals surface area contributed by atoms with Crippen molar-refractivity contribution < 1.29 is 9.13 Å². The van der Waals surface area contributed by atoms with Gasteiger partial charge < -0.3 is 10.1 Å². The summed E-state index contributed by atoms with van der Waals surface area (Å²) in [6.45, 7) is 5.10. The Kier molecular flexibility index (Phi) is 5.38. The molecule has 0 saturated carbocycles. The summed E-state index contributed by atoms with van der Waals surface area (Å²) in [5.74, 6) is 0.271. The van der Waals surface area contributed by atoms with Gasteiger partial charge in [0.05, 0.1) is 22.8 Å². The van der Waals surface area contributed by atoms with E-state index < -0.39 is 0 Å². The minimum Gasteiger partial charge on any atom is -0.383 e. The number of halogens is 2. The number of tetrazole rings is 1. The molecule has 2 rings (SSSR count). The molecule has 1 atom stereocenters. The first-order chi connectivity index (χ1) is 10.0. The lowest BCUT2D eigenvalue weighted by molar-refractivity contribution is 0.196. The molecular formula is C13H17BrFN5O. The molecule has 1 unspecified atom stereocenters. The van der Waals surface area contributed by atoms with Gasteiger partial charge in [0.15, 0.2) is 5.82 Å². The van der Waals surface area contributed by atoms with Gasteiger partial charge in [0.25, 0.3) is 0 Å². The molecule has 0 saturated heterocycles. The Bertz CT molecular complexity index is 619. The van der Waals surface area contributed by atoms with Gasteiger partial charge >= 0.3 is 0 Å². The predicted molar refractivity (Wildman–Crippen MR) is 79.8 cm³/mol. The summed E-state index contributed by atoms with van der Waals surface area (Å²) in [7, 11) is 1.64. The number of hydrogen-bond acceptors (Lipinski definition) is 5. The van der Waals surface area contributed by atoms with Crippen LogP contribution in [0.1, 0.15) is 24.4 Å². The van der Waals surface area contributed by atoms with Crippen LogP contribution in [0.2, 0.25) is 0 Å². The van der Waals surface area contributed by atoms with Crippen LogP contribution in [0, 0.1) is 12.7 Å². The number of methoxy groups -OCH3 is 1. The van der Waals surface area contributed by atoms with E-state index in [1.807, 2.05) is 13.8 Å². The second-order valence-electron chi connectivity index (χ2n) is 4.67. The van der Waals surface area contributed by atoms with E-state index in [1.54, 1.807) is 17.9 Å². The lowest BCUT2D eigenvalue weighted by atomic mass is 10.2. The smallest absolute Gasteiger partial charge is 0.173 e. The van der Waals surface area contributed by atoms with Crippen LogP contribution in [0.25, 0.3) is 5.69 Å². The lowest BCUT2D eigenvalue weighted by Crippen LogP contribution is -2.25. The lowest BCUT2D eigenvalue weighted by Gasteiger charge is -2.14. The minimum absolute atomic E-state index is 0.0822. The Morgan fingerprint density at radius 3 is 2.95 bits per heavy atom. The molecule has 21 heavy (non-hydrogen) atoms. The Morgan fingerprint density at radius 1 is 1.48 bits per heavy atom. The molecule has 1 N–H and O–H groups in total. The predicted octanol–water partition coefficient (Wildman–Crippen LogP) is 2.17. The van der Waals surface area contributed by atoms with Crippen LogP contribution < -0.4 is 5.32 Å². The van der Waals surface area contributed by atoms with Crippen molar-refractivity contribution in [3.63, 3.8) is 0 Å². The molecule has 0 aliphatic rings. The second kappa shape index (κ2) is 7.06. The van der Waals surface area contributed by atoms with Crippen LogP contribution >= 0.6 is 15.9 Å². The second-order valence-corrected chi connectivity index (χ2v) is 5.52. The fourth-order valence-corrected chi connectivity index (χ4v) is 2.43. The SMILES string of the molecule is COCCNC(C)c1nnnn1-c1cc(F)c(Br)cc1C.